The van der Waals surface area contributed by atoms with Gasteiger partial charge in [0.25, 0.3) is 0 Å². The number of methoxy groups -OCH3 is 1. The van der Waals surface area contributed by atoms with Gasteiger partial charge >= 0.3 is 12.0 Å². The van der Waals surface area contributed by atoms with Gasteiger partial charge in [-0.2, -0.15) is 0 Å². The first kappa shape index (κ1) is 18.7. The highest BCUT2D eigenvalue weighted by molar-refractivity contribution is 5.94. The molecule has 0 bridgehead atoms. The van der Waals surface area contributed by atoms with E-state index in [1.807, 2.05) is 4.90 Å². The number of piperidine rings is 1. The number of hydrogen-bond acceptors (Lipinski definition) is 5. The molecule has 0 radical (unpaired) electrons. The van der Waals surface area contributed by atoms with Crippen molar-refractivity contribution >= 4 is 17.7 Å². The van der Waals surface area contributed by atoms with Crippen LogP contribution in [-0.2, 0) is 9.47 Å². The van der Waals surface area contributed by atoms with E-state index in [0.29, 0.717) is 11.3 Å². The third-order valence-electron chi connectivity index (χ3n) is 5.00. The number of amides is 2. The lowest BCUT2D eigenvalue weighted by Crippen LogP contribution is -2.52. The van der Waals surface area contributed by atoms with Crippen LogP contribution in [0.15, 0.2) is 24.3 Å². The van der Waals surface area contributed by atoms with Crippen LogP contribution in [0.4, 0.5) is 10.5 Å². The highest BCUT2D eigenvalue weighted by Gasteiger charge is 2.29. The van der Waals surface area contributed by atoms with Crippen molar-refractivity contribution in [2.45, 2.75) is 25.3 Å². The van der Waals surface area contributed by atoms with E-state index in [-0.39, 0.29) is 12.1 Å². The van der Waals surface area contributed by atoms with Gasteiger partial charge < -0.3 is 19.7 Å². The molecule has 2 aliphatic rings. The molecule has 142 valence electrons. The summed E-state index contributed by atoms with van der Waals surface area (Å²) in [4.78, 5) is 28.8. The maximum atomic E-state index is 12.8. The van der Waals surface area contributed by atoms with E-state index in [2.05, 4.69) is 10.2 Å². The number of urea groups is 1. The number of benzene rings is 1. The van der Waals surface area contributed by atoms with Crippen molar-refractivity contribution in [3.8, 4) is 0 Å². The van der Waals surface area contributed by atoms with Crippen molar-refractivity contribution in [3.05, 3.63) is 29.8 Å². The summed E-state index contributed by atoms with van der Waals surface area (Å²) in [5.74, 6) is -0.413. The summed E-state index contributed by atoms with van der Waals surface area (Å²) < 4.78 is 10.1. The van der Waals surface area contributed by atoms with Crippen LogP contribution < -0.4 is 5.32 Å². The van der Waals surface area contributed by atoms with E-state index in [9.17, 15) is 9.59 Å². The summed E-state index contributed by atoms with van der Waals surface area (Å²) in [5, 5.41) is 2.93. The number of hydrogen-bond donors (Lipinski definition) is 1. The predicted octanol–water partition coefficient (Wildman–Crippen LogP) is 2.19. The zero-order valence-corrected chi connectivity index (χ0v) is 15.3. The molecule has 0 spiro atoms. The van der Waals surface area contributed by atoms with E-state index in [1.165, 1.54) is 7.11 Å². The number of ether oxygens (including phenoxy) is 2. The lowest BCUT2D eigenvalue weighted by molar-refractivity contribution is 0.0229. The van der Waals surface area contributed by atoms with Crippen LogP contribution in [0.1, 0.15) is 29.6 Å². The number of carbonyl (C=O) groups is 2. The van der Waals surface area contributed by atoms with Gasteiger partial charge in [-0.15, -0.1) is 0 Å². The third kappa shape index (κ3) is 4.74. The molecular weight excluding hydrogens is 334 g/mol. The van der Waals surface area contributed by atoms with Crippen LogP contribution in [0, 0.1) is 0 Å². The Labute approximate surface area is 154 Å². The minimum atomic E-state index is -0.413. The molecule has 0 aliphatic carbocycles. The minimum absolute atomic E-state index is 0.107. The molecular formula is C19H27N3O4. The third-order valence-corrected chi connectivity index (χ3v) is 5.00. The van der Waals surface area contributed by atoms with Crippen molar-refractivity contribution in [3.63, 3.8) is 0 Å². The van der Waals surface area contributed by atoms with Crippen LogP contribution in [0.25, 0.3) is 0 Å². The first-order valence-corrected chi connectivity index (χ1v) is 9.23. The lowest BCUT2D eigenvalue weighted by atomic mass is 10.0. The summed E-state index contributed by atoms with van der Waals surface area (Å²) in [6.07, 6.45) is 3.19. The molecule has 1 N–H and O–H groups in total. The molecule has 2 aliphatic heterocycles. The fourth-order valence-corrected chi connectivity index (χ4v) is 3.58. The predicted molar refractivity (Wildman–Crippen MR) is 98.4 cm³/mol. The molecule has 1 aromatic rings. The maximum absolute atomic E-state index is 12.8. The number of esters is 1. The molecule has 0 unspecified atom stereocenters. The zero-order chi connectivity index (χ0) is 18.4. The van der Waals surface area contributed by atoms with Gasteiger partial charge in [-0.05, 0) is 37.5 Å². The van der Waals surface area contributed by atoms with Gasteiger partial charge in [0.15, 0.2) is 0 Å². The Morgan fingerprint density at radius 1 is 1.23 bits per heavy atom. The Balaban J connectivity index is 1.63. The van der Waals surface area contributed by atoms with E-state index < -0.39 is 5.97 Å². The summed E-state index contributed by atoms with van der Waals surface area (Å²) in [7, 11) is 1.34. The largest absolute Gasteiger partial charge is 0.465 e. The fourth-order valence-electron chi connectivity index (χ4n) is 3.58. The molecule has 3 rings (SSSR count). The average molecular weight is 361 g/mol. The van der Waals surface area contributed by atoms with E-state index in [0.717, 1.165) is 58.7 Å². The molecule has 7 nitrogen and oxygen atoms in total. The molecule has 2 saturated heterocycles. The summed E-state index contributed by atoms with van der Waals surface area (Å²) in [5.41, 5.74) is 1.03. The standard InChI is InChI=1S/C19H27N3O4/c1-25-18(23)15-5-4-6-16(13-15)20-19(24)22-8-3-2-7-17(22)14-21-9-11-26-12-10-21/h4-6,13,17H,2-3,7-12,14H2,1H3,(H,20,24)/t17-/m1/s1. The van der Waals surface area contributed by atoms with Gasteiger partial charge in [-0.25, -0.2) is 9.59 Å². The van der Waals surface area contributed by atoms with Gasteiger partial charge in [0, 0.05) is 37.9 Å². The van der Waals surface area contributed by atoms with Crippen LogP contribution in [0.3, 0.4) is 0 Å². The Bertz CT molecular complexity index is 631. The molecule has 26 heavy (non-hydrogen) atoms. The normalized spacial score (nSPS) is 21.3. The van der Waals surface area contributed by atoms with Crippen molar-refractivity contribution in [2.75, 3.05) is 51.8 Å². The van der Waals surface area contributed by atoms with Crippen LogP contribution >= 0.6 is 0 Å². The second kappa shape index (κ2) is 9.00. The number of anilines is 1. The molecule has 1 atom stereocenters. The van der Waals surface area contributed by atoms with Gasteiger partial charge in [0.2, 0.25) is 0 Å². The Morgan fingerprint density at radius 2 is 2.04 bits per heavy atom. The zero-order valence-electron chi connectivity index (χ0n) is 15.3. The first-order chi connectivity index (χ1) is 12.7. The van der Waals surface area contributed by atoms with Crippen molar-refractivity contribution in [1.29, 1.82) is 0 Å². The quantitative estimate of drug-likeness (QED) is 0.833. The van der Waals surface area contributed by atoms with Crippen molar-refractivity contribution in [1.82, 2.24) is 9.80 Å². The highest BCUT2D eigenvalue weighted by atomic mass is 16.5. The van der Waals surface area contributed by atoms with Crippen LogP contribution in [0.5, 0.6) is 0 Å². The van der Waals surface area contributed by atoms with E-state index in [1.54, 1.807) is 24.3 Å². The summed E-state index contributed by atoms with van der Waals surface area (Å²) >= 11 is 0. The lowest BCUT2D eigenvalue weighted by Gasteiger charge is -2.39. The number of nitrogens with zero attached hydrogens (tertiary/aromatic N) is 2. The smallest absolute Gasteiger partial charge is 0.337 e. The van der Waals surface area contributed by atoms with Gasteiger partial charge in [0.05, 0.1) is 25.9 Å². The fraction of sp³-hybridized carbons (Fsp3) is 0.579. The molecule has 0 aromatic heterocycles. The van der Waals surface area contributed by atoms with Crippen molar-refractivity contribution < 1.29 is 19.1 Å². The average Bonchev–Trinajstić information content (AvgIpc) is 2.68. The number of morpholine rings is 1. The SMILES string of the molecule is COC(=O)c1cccc(NC(=O)N2CCCC[C@@H]2CN2CCOCC2)c1. The van der Waals surface area contributed by atoms with Gasteiger partial charge in [0.1, 0.15) is 0 Å². The number of rotatable bonds is 4. The summed E-state index contributed by atoms with van der Waals surface area (Å²) in [6, 6.07) is 6.94. The Hall–Kier alpha value is -2.12. The Kier molecular flexibility index (Phi) is 6.46. The van der Waals surface area contributed by atoms with E-state index >= 15 is 0 Å². The number of carbonyl (C=O) groups excluding carboxylic acids is 2. The van der Waals surface area contributed by atoms with Crippen LogP contribution in [0.2, 0.25) is 0 Å². The minimum Gasteiger partial charge on any atom is -0.465 e. The maximum Gasteiger partial charge on any atom is 0.337 e. The second-order valence-corrected chi connectivity index (χ2v) is 6.76. The topological polar surface area (TPSA) is 71.1 Å². The monoisotopic (exact) mass is 361 g/mol. The van der Waals surface area contributed by atoms with Gasteiger partial charge in [-0.1, -0.05) is 6.07 Å². The molecule has 2 heterocycles. The van der Waals surface area contributed by atoms with Gasteiger partial charge in [-0.3, -0.25) is 4.90 Å². The van der Waals surface area contributed by atoms with E-state index in [4.69, 9.17) is 9.47 Å². The molecule has 2 fully saturated rings. The number of nitrogens with one attached hydrogen (secondary N) is 1. The molecule has 2 amide bonds. The highest BCUT2D eigenvalue weighted by Crippen LogP contribution is 2.20. The van der Waals surface area contributed by atoms with Crippen molar-refractivity contribution in [2.24, 2.45) is 0 Å². The molecule has 1 aromatic carbocycles. The Morgan fingerprint density at radius 3 is 2.81 bits per heavy atom. The molecule has 0 saturated carbocycles. The summed E-state index contributed by atoms with van der Waals surface area (Å²) in [6.45, 7) is 5.02. The first-order valence-electron chi connectivity index (χ1n) is 9.23. The number of likely N-dealkylation sites (tertiary alicyclic amines) is 1. The van der Waals surface area contributed by atoms with Crippen LogP contribution in [-0.4, -0.2) is 74.3 Å². The molecule has 7 heteroatoms. The second-order valence-electron chi connectivity index (χ2n) is 6.76.